The lowest BCUT2D eigenvalue weighted by molar-refractivity contribution is 0.0764. The summed E-state index contributed by atoms with van der Waals surface area (Å²) in [4.78, 5) is 13.3. The molecule has 0 unspecified atom stereocenters. The Labute approximate surface area is 133 Å². The summed E-state index contributed by atoms with van der Waals surface area (Å²) in [5.41, 5.74) is -0.556. The van der Waals surface area contributed by atoms with Crippen LogP contribution in [0, 0.1) is 11.6 Å². The van der Waals surface area contributed by atoms with Gasteiger partial charge in [0.05, 0.1) is 13.7 Å². The fraction of sp³-hybridized carbons (Fsp3) is 0.235. The van der Waals surface area contributed by atoms with E-state index >= 15 is 0 Å². The van der Waals surface area contributed by atoms with Crippen molar-refractivity contribution in [3.63, 3.8) is 0 Å². The van der Waals surface area contributed by atoms with Crippen LogP contribution in [-0.2, 0) is 0 Å². The molecule has 0 saturated carbocycles. The molecule has 0 radical (unpaired) electrons. The van der Waals surface area contributed by atoms with Gasteiger partial charge in [0.25, 0.3) is 5.91 Å². The molecule has 23 heavy (non-hydrogen) atoms. The Morgan fingerprint density at radius 2 is 1.61 bits per heavy atom. The standard InChI is InChI=1S/C17H17F2NO3/c1-20(17(21)16-14(18)4-3-5-15(16)19)10-11-23-13-8-6-12(22-2)7-9-13/h3-9H,10-11H2,1-2H3. The predicted molar refractivity (Wildman–Crippen MR) is 81.8 cm³/mol. The van der Waals surface area contributed by atoms with Gasteiger partial charge in [0, 0.05) is 7.05 Å². The van der Waals surface area contributed by atoms with Crippen LogP contribution in [-0.4, -0.2) is 38.1 Å². The van der Waals surface area contributed by atoms with Gasteiger partial charge in [-0.2, -0.15) is 0 Å². The molecular formula is C17H17F2NO3. The topological polar surface area (TPSA) is 38.8 Å². The number of benzene rings is 2. The van der Waals surface area contributed by atoms with Gasteiger partial charge in [-0.3, -0.25) is 4.79 Å². The van der Waals surface area contributed by atoms with Crippen LogP contribution in [0.5, 0.6) is 11.5 Å². The zero-order chi connectivity index (χ0) is 16.8. The van der Waals surface area contributed by atoms with Gasteiger partial charge in [0.15, 0.2) is 0 Å². The second-order valence-electron chi connectivity index (χ2n) is 4.85. The quantitative estimate of drug-likeness (QED) is 0.820. The maximum Gasteiger partial charge on any atom is 0.259 e. The van der Waals surface area contributed by atoms with Crippen LogP contribution in [0.4, 0.5) is 8.78 Å². The van der Waals surface area contributed by atoms with Crippen LogP contribution in [0.3, 0.4) is 0 Å². The van der Waals surface area contributed by atoms with E-state index in [0.717, 1.165) is 12.1 Å². The number of rotatable bonds is 6. The van der Waals surface area contributed by atoms with Crippen molar-refractivity contribution in [2.24, 2.45) is 0 Å². The number of amides is 1. The zero-order valence-electron chi connectivity index (χ0n) is 12.9. The summed E-state index contributed by atoms with van der Waals surface area (Å²) < 4.78 is 37.7. The molecule has 6 heteroatoms. The Bertz CT molecular complexity index is 654. The third-order valence-corrected chi connectivity index (χ3v) is 3.28. The number of carbonyl (C=O) groups is 1. The van der Waals surface area contributed by atoms with Gasteiger partial charge < -0.3 is 14.4 Å². The molecule has 0 fully saturated rings. The summed E-state index contributed by atoms with van der Waals surface area (Å²) in [6.45, 7) is 0.392. The van der Waals surface area contributed by atoms with Crippen LogP contribution in [0.15, 0.2) is 42.5 Å². The van der Waals surface area contributed by atoms with Gasteiger partial charge in [-0.1, -0.05) is 6.07 Å². The van der Waals surface area contributed by atoms with Crippen molar-refractivity contribution >= 4 is 5.91 Å². The number of hydrogen-bond acceptors (Lipinski definition) is 3. The number of halogens is 2. The molecule has 0 heterocycles. The van der Waals surface area contributed by atoms with Crippen LogP contribution < -0.4 is 9.47 Å². The molecule has 122 valence electrons. The largest absolute Gasteiger partial charge is 0.497 e. The molecule has 0 atom stereocenters. The average Bonchev–Trinajstić information content (AvgIpc) is 2.55. The summed E-state index contributed by atoms with van der Waals surface area (Å²) in [5, 5.41) is 0. The van der Waals surface area contributed by atoms with Crippen LogP contribution in [0.2, 0.25) is 0 Å². The SMILES string of the molecule is COc1ccc(OCCN(C)C(=O)c2c(F)cccc2F)cc1. The van der Waals surface area contributed by atoms with E-state index in [1.807, 2.05) is 0 Å². The first-order valence-electron chi connectivity index (χ1n) is 6.99. The molecule has 0 bridgehead atoms. The minimum atomic E-state index is -0.877. The Balaban J connectivity index is 1.91. The van der Waals surface area contributed by atoms with Crippen LogP contribution >= 0.6 is 0 Å². The minimum absolute atomic E-state index is 0.193. The average molecular weight is 321 g/mol. The number of methoxy groups -OCH3 is 1. The Morgan fingerprint density at radius 3 is 2.17 bits per heavy atom. The zero-order valence-corrected chi connectivity index (χ0v) is 12.9. The van der Waals surface area contributed by atoms with Crippen molar-refractivity contribution < 1.29 is 23.0 Å². The van der Waals surface area contributed by atoms with Crippen molar-refractivity contribution in [3.05, 3.63) is 59.7 Å². The number of likely N-dealkylation sites (N-methyl/N-ethyl adjacent to an activating group) is 1. The first kappa shape index (κ1) is 16.7. The van der Waals surface area contributed by atoms with Gasteiger partial charge in [0.2, 0.25) is 0 Å². The van der Waals surface area contributed by atoms with Crippen molar-refractivity contribution in [3.8, 4) is 11.5 Å². The molecule has 0 aliphatic heterocycles. The molecule has 0 saturated heterocycles. The first-order chi connectivity index (χ1) is 11.0. The molecule has 4 nitrogen and oxygen atoms in total. The molecule has 0 N–H and O–H groups in total. The van der Waals surface area contributed by atoms with Crippen LogP contribution in [0.25, 0.3) is 0 Å². The Morgan fingerprint density at radius 1 is 1.04 bits per heavy atom. The second-order valence-corrected chi connectivity index (χ2v) is 4.85. The lowest BCUT2D eigenvalue weighted by atomic mass is 10.1. The number of ether oxygens (including phenoxy) is 2. The number of nitrogens with zero attached hydrogens (tertiary/aromatic N) is 1. The van der Waals surface area contributed by atoms with Gasteiger partial charge in [-0.25, -0.2) is 8.78 Å². The molecule has 0 aliphatic rings. The molecule has 0 aromatic heterocycles. The summed E-state index contributed by atoms with van der Waals surface area (Å²) in [6, 6.07) is 10.3. The third-order valence-electron chi connectivity index (χ3n) is 3.28. The van der Waals surface area contributed by atoms with E-state index in [2.05, 4.69) is 0 Å². The lowest BCUT2D eigenvalue weighted by Gasteiger charge is -2.18. The highest BCUT2D eigenvalue weighted by atomic mass is 19.1. The number of hydrogen-bond donors (Lipinski definition) is 0. The summed E-state index contributed by atoms with van der Waals surface area (Å²) in [6.07, 6.45) is 0. The van der Waals surface area contributed by atoms with E-state index in [9.17, 15) is 13.6 Å². The molecule has 2 aromatic rings. The summed E-state index contributed by atoms with van der Waals surface area (Å²) in [7, 11) is 3.03. The number of carbonyl (C=O) groups excluding carboxylic acids is 1. The highest BCUT2D eigenvalue weighted by molar-refractivity contribution is 5.94. The molecular weight excluding hydrogens is 304 g/mol. The van der Waals surface area contributed by atoms with Gasteiger partial charge in [-0.15, -0.1) is 0 Å². The Hall–Kier alpha value is -2.63. The smallest absolute Gasteiger partial charge is 0.259 e. The summed E-state index contributed by atoms with van der Waals surface area (Å²) >= 11 is 0. The van der Waals surface area contributed by atoms with E-state index in [1.165, 1.54) is 18.0 Å². The minimum Gasteiger partial charge on any atom is -0.497 e. The van der Waals surface area contributed by atoms with E-state index in [1.54, 1.807) is 31.4 Å². The van der Waals surface area contributed by atoms with Gasteiger partial charge in [0.1, 0.15) is 35.3 Å². The van der Waals surface area contributed by atoms with E-state index in [4.69, 9.17) is 9.47 Å². The predicted octanol–water partition coefficient (Wildman–Crippen LogP) is 3.12. The monoisotopic (exact) mass is 321 g/mol. The fourth-order valence-electron chi connectivity index (χ4n) is 1.97. The fourth-order valence-corrected chi connectivity index (χ4v) is 1.97. The Kier molecular flexibility index (Phi) is 5.51. The van der Waals surface area contributed by atoms with Gasteiger partial charge >= 0.3 is 0 Å². The molecule has 1 amide bonds. The maximum absolute atomic E-state index is 13.6. The first-order valence-corrected chi connectivity index (χ1v) is 6.99. The molecule has 0 spiro atoms. The van der Waals surface area contributed by atoms with E-state index < -0.39 is 23.1 Å². The van der Waals surface area contributed by atoms with Crippen LogP contribution in [0.1, 0.15) is 10.4 Å². The van der Waals surface area contributed by atoms with Gasteiger partial charge in [-0.05, 0) is 36.4 Å². The maximum atomic E-state index is 13.6. The van der Waals surface area contributed by atoms with E-state index in [-0.39, 0.29) is 13.2 Å². The lowest BCUT2D eigenvalue weighted by Crippen LogP contribution is -2.32. The second kappa shape index (κ2) is 7.58. The van der Waals surface area contributed by atoms with Crippen molar-refractivity contribution in [1.29, 1.82) is 0 Å². The third kappa shape index (κ3) is 4.18. The van der Waals surface area contributed by atoms with E-state index in [0.29, 0.717) is 11.5 Å². The highest BCUT2D eigenvalue weighted by Gasteiger charge is 2.20. The van der Waals surface area contributed by atoms with Crippen molar-refractivity contribution in [2.45, 2.75) is 0 Å². The molecule has 2 rings (SSSR count). The normalized spacial score (nSPS) is 10.3. The summed E-state index contributed by atoms with van der Waals surface area (Å²) in [5.74, 6) is -1.15. The van der Waals surface area contributed by atoms with Crippen molar-refractivity contribution in [2.75, 3.05) is 27.3 Å². The molecule has 2 aromatic carbocycles. The highest BCUT2D eigenvalue weighted by Crippen LogP contribution is 2.17. The molecule has 0 aliphatic carbocycles. The van der Waals surface area contributed by atoms with Crippen molar-refractivity contribution in [1.82, 2.24) is 4.90 Å².